The van der Waals surface area contributed by atoms with Crippen molar-refractivity contribution in [3.05, 3.63) is 66.6 Å². The van der Waals surface area contributed by atoms with Crippen LogP contribution in [0.2, 0.25) is 0 Å². The van der Waals surface area contributed by atoms with Gasteiger partial charge in [-0.15, -0.1) is 11.3 Å². The number of rotatable bonds is 5. The molecule has 1 aliphatic rings. The van der Waals surface area contributed by atoms with Crippen molar-refractivity contribution in [2.24, 2.45) is 0 Å². The summed E-state index contributed by atoms with van der Waals surface area (Å²) in [7, 11) is 0. The summed E-state index contributed by atoms with van der Waals surface area (Å²) in [4.78, 5) is 18.6. The maximum absolute atomic E-state index is 6.24. The number of hydrogen-bond acceptors (Lipinski definition) is 6. The lowest BCUT2D eigenvalue weighted by atomic mass is 9.98. The maximum atomic E-state index is 6.24. The van der Waals surface area contributed by atoms with E-state index < -0.39 is 0 Å². The number of aromatic amines is 2. The lowest BCUT2D eigenvalue weighted by Crippen LogP contribution is -2.19. The minimum Gasteiger partial charge on any atom is -0.489 e. The number of ether oxygens (including phenoxy) is 1. The summed E-state index contributed by atoms with van der Waals surface area (Å²) in [6, 6.07) is 12.4. The SMILES string of the molecule is c1csc(-c2cncc3[nH]c(-c4n[nH]c5ccc(-c6cncc(OC7CCCCC7)c6)nc45)cc23)c1. The third-order valence-corrected chi connectivity index (χ3v) is 7.76. The molecule has 1 saturated carbocycles. The minimum absolute atomic E-state index is 0.280. The first-order chi connectivity index (χ1) is 17.8. The summed E-state index contributed by atoms with van der Waals surface area (Å²) < 4.78 is 6.24. The van der Waals surface area contributed by atoms with Gasteiger partial charge in [-0.05, 0) is 61.4 Å². The summed E-state index contributed by atoms with van der Waals surface area (Å²) in [5.41, 5.74) is 7.22. The van der Waals surface area contributed by atoms with Gasteiger partial charge >= 0.3 is 0 Å². The molecular formula is C28H24N6OS. The van der Waals surface area contributed by atoms with Crippen LogP contribution in [0.5, 0.6) is 5.75 Å². The molecule has 0 aliphatic heterocycles. The average Bonchev–Trinajstić information content (AvgIpc) is 3.68. The largest absolute Gasteiger partial charge is 0.489 e. The number of H-pyrrole nitrogens is 2. The highest BCUT2D eigenvalue weighted by Gasteiger charge is 2.18. The quantitative estimate of drug-likeness (QED) is 0.270. The van der Waals surface area contributed by atoms with Crippen LogP contribution in [0.15, 0.2) is 66.6 Å². The van der Waals surface area contributed by atoms with E-state index in [1.54, 1.807) is 17.5 Å². The molecule has 0 amide bonds. The van der Waals surface area contributed by atoms with E-state index in [0.717, 1.165) is 68.7 Å². The second-order valence-electron chi connectivity index (χ2n) is 9.26. The lowest BCUT2D eigenvalue weighted by Gasteiger charge is -2.22. The Hall–Kier alpha value is -4.04. The van der Waals surface area contributed by atoms with Gasteiger partial charge in [0, 0.05) is 33.8 Å². The van der Waals surface area contributed by atoms with Crippen LogP contribution in [-0.2, 0) is 0 Å². The van der Waals surface area contributed by atoms with Crippen molar-refractivity contribution >= 4 is 33.3 Å². The van der Waals surface area contributed by atoms with Crippen molar-refractivity contribution in [3.8, 4) is 38.8 Å². The Balaban J connectivity index is 1.26. The minimum atomic E-state index is 0.280. The zero-order valence-electron chi connectivity index (χ0n) is 19.6. The zero-order valence-corrected chi connectivity index (χ0v) is 20.4. The molecule has 0 unspecified atom stereocenters. The van der Waals surface area contributed by atoms with Crippen molar-refractivity contribution in [1.29, 1.82) is 0 Å². The van der Waals surface area contributed by atoms with Crippen LogP contribution in [-0.4, -0.2) is 36.2 Å². The Morgan fingerprint density at radius 1 is 0.917 bits per heavy atom. The van der Waals surface area contributed by atoms with Gasteiger partial charge in [0.25, 0.3) is 0 Å². The molecule has 7 rings (SSSR count). The van der Waals surface area contributed by atoms with Crippen molar-refractivity contribution in [2.75, 3.05) is 0 Å². The highest BCUT2D eigenvalue weighted by atomic mass is 32.1. The standard InChI is InChI=1S/C28H24N6OS/c1-2-5-18(6-3-1)35-19-11-17(13-29-14-19)22-8-9-23-27(32-22)28(34-33-23)24-12-20-21(26-7-4-10-36-26)15-30-16-25(20)31-24/h4,7-16,18,31H,1-3,5-6H2,(H,33,34). The van der Waals surface area contributed by atoms with Gasteiger partial charge in [-0.2, -0.15) is 5.10 Å². The fourth-order valence-electron chi connectivity index (χ4n) is 5.05. The first kappa shape index (κ1) is 21.3. The molecule has 2 N–H and O–H groups in total. The summed E-state index contributed by atoms with van der Waals surface area (Å²) in [6.45, 7) is 0. The molecule has 6 aromatic heterocycles. The van der Waals surface area contributed by atoms with Crippen LogP contribution in [0.25, 0.3) is 55.0 Å². The topological polar surface area (TPSA) is 92.4 Å². The second-order valence-corrected chi connectivity index (χ2v) is 10.2. The second kappa shape index (κ2) is 8.87. The molecule has 0 atom stereocenters. The molecule has 178 valence electrons. The number of aromatic nitrogens is 6. The lowest BCUT2D eigenvalue weighted by molar-refractivity contribution is 0.154. The number of nitrogens with zero attached hydrogens (tertiary/aromatic N) is 4. The van der Waals surface area contributed by atoms with E-state index >= 15 is 0 Å². The van der Waals surface area contributed by atoms with Gasteiger partial charge in [-0.1, -0.05) is 12.5 Å². The Morgan fingerprint density at radius 3 is 2.72 bits per heavy atom. The molecule has 1 aliphatic carbocycles. The first-order valence-corrected chi connectivity index (χ1v) is 13.2. The van der Waals surface area contributed by atoms with E-state index in [0.29, 0.717) is 0 Å². The molecule has 7 nitrogen and oxygen atoms in total. The number of nitrogens with one attached hydrogen (secondary N) is 2. The molecule has 0 spiro atoms. The van der Waals surface area contributed by atoms with Gasteiger partial charge in [0.2, 0.25) is 0 Å². The van der Waals surface area contributed by atoms with Crippen LogP contribution in [0.1, 0.15) is 32.1 Å². The summed E-state index contributed by atoms with van der Waals surface area (Å²) in [5, 5.41) is 10.9. The van der Waals surface area contributed by atoms with E-state index in [4.69, 9.17) is 9.72 Å². The Labute approximate surface area is 211 Å². The smallest absolute Gasteiger partial charge is 0.138 e. The van der Waals surface area contributed by atoms with Crippen LogP contribution >= 0.6 is 11.3 Å². The van der Waals surface area contributed by atoms with Crippen LogP contribution in [0.4, 0.5) is 0 Å². The normalized spacial score (nSPS) is 14.6. The summed E-state index contributed by atoms with van der Waals surface area (Å²) in [5.74, 6) is 0.804. The third kappa shape index (κ3) is 3.83. The van der Waals surface area contributed by atoms with Crippen molar-refractivity contribution in [3.63, 3.8) is 0 Å². The van der Waals surface area contributed by atoms with Gasteiger partial charge in [0.05, 0.1) is 40.9 Å². The van der Waals surface area contributed by atoms with Crippen LogP contribution in [0.3, 0.4) is 0 Å². The fourth-order valence-corrected chi connectivity index (χ4v) is 5.80. The van der Waals surface area contributed by atoms with Crippen LogP contribution < -0.4 is 4.74 Å². The van der Waals surface area contributed by atoms with Crippen LogP contribution in [0, 0.1) is 0 Å². The molecule has 0 radical (unpaired) electrons. The number of fused-ring (bicyclic) bond motifs is 2. The first-order valence-electron chi connectivity index (χ1n) is 12.3. The van der Waals surface area contributed by atoms with Gasteiger partial charge in [-0.25, -0.2) is 4.98 Å². The van der Waals surface area contributed by atoms with E-state index in [2.05, 4.69) is 48.7 Å². The number of hydrogen-bond donors (Lipinski definition) is 2. The number of thiophene rings is 1. The highest BCUT2D eigenvalue weighted by Crippen LogP contribution is 2.35. The zero-order chi connectivity index (χ0) is 23.9. The fraction of sp³-hybridized carbons (Fsp3) is 0.214. The van der Waals surface area contributed by atoms with E-state index in [9.17, 15) is 0 Å². The Kier molecular flexibility index (Phi) is 5.24. The third-order valence-electron chi connectivity index (χ3n) is 6.86. The van der Waals surface area contributed by atoms with Gasteiger partial charge in [0.1, 0.15) is 17.0 Å². The molecule has 0 bridgehead atoms. The molecule has 36 heavy (non-hydrogen) atoms. The van der Waals surface area contributed by atoms with Crippen molar-refractivity contribution in [2.45, 2.75) is 38.2 Å². The van der Waals surface area contributed by atoms with Crippen molar-refractivity contribution < 1.29 is 4.74 Å². The van der Waals surface area contributed by atoms with E-state index in [-0.39, 0.29) is 6.10 Å². The summed E-state index contributed by atoms with van der Waals surface area (Å²) in [6.07, 6.45) is 13.7. The van der Waals surface area contributed by atoms with Crippen molar-refractivity contribution in [1.82, 2.24) is 30.1 Å². The summed E-state index contributed by atoms with van der Waals surface area (Å²) >= 11 is 1.71. The van der Waals surface area contributed by atoms with Gasteiger partial charge in [-0.3, -0.25) is 15.1 Å². The maximum Gasteiger partial charge on any atom is 0.138 e. The molecule has 1 fully saturated rings. The Bertz CT molecular complexity index is 1660. The van der Waals surface area contributed by atoms with E-state index in [1.807, 2.05) is 36.8 Å². The molecule has 8 heteroatoms. The predicted octanol–water partition coefficient (Wildman–Crippen LogP) is 7.00. The highest BCUT2D eigenvalue weighted by molar-refractivity contribution is 7.13. The molecule has 6 aromatic rings. The molecule has 0 saturated heterocycles. The molecule has 0 aromatic carbocycles. The number of pyridine rings is 3. The predicted molar refractivity (Wildman–Crippen MR) is 143 cm³/mol. The van der Waals surface area contributed by atoms with Gasteiger partial charge < -0.3 is 9.72 Å². The average molecular weight is 493 g/mol. The van der Waals surface area contributed by atoms with Gasteiger partial charge in [0.15, 0.2) is 0 Å². The molecular weight excluding hydrogens is 468 g/mol. The molecule has 6 heterocycles. The Morgan fingerprint density at radius 2 is 1.83 bits per heavy atom. The van der Waals surface area contributed by atoms with E-state index in [1.165, 1.54) is 24.1 Å². The monoisotopic (exact) mass is 492 g/mol.